The molecular weight excluding hydrogens is 398 g/mol. The lowest BCUT2D eigenvalue weighted by Crippen LogP contribution is -2.67. The van der Waals surface area contributed by atoms with Crippen molar-refractivity contribution in [2.75, 3.05) is 26.7 Å². The zero-order chi connectivity index (χ0) is 22.6. The molecule has 2 amide bonds. The van der Waals surface area contributed by atoms with Crippen LogP contribution in [0.3, 0.4) is 0 Å². The summed E-state index contributed by atoms with van der Waals surface area (Å²) in [5.41, 5.74) is -1.70. The van der Waals surface area contributed by atoms with Gasteiger partial charge in [0, 0.05) is 26.7 Å². The van der Waals surface area contributed by atoms with Crippen molar-refractivity contribution in [1.29, 1.82) is 0 Å². The Morgan fingerprint density at radius 2 is 1.80 bits per heavy atom. The molecule has 0 spiro atoms. The SMILES string of the molecule is CN(CCC1(C(F)(F)C=O)CN(C(=O)OCc2ccccc2)C1)C(=O)OC(C)(C)C. The molecule has 0 radical (unpaired) electrons. The largest absolute Gasteiger partial charge is 0.445 e. The number of amides is 2. The summed E-state index contributed by atoms with van der Waals surface area (Å²) in [6.45, 7) is 4.39. The molecule has 0 atom stereocenters. The molecule has 0 N–H and O–H groups in total. The number of hydrogen-bond acceptors (Lipinski definition) is 5. The summed E-state index contributed by atoms with van der Waals surface area (Å²) in [5, 5.41) is 0. The zero-order valence-corrected chi connectivity index (χ0v) is 17.7. The third-order valence-electron chi connectivity index (χ3n) is 4.94. The number of alkyl halides is 2. The van der Waals surface area contributed by atoms with E-state index in [1.165, 1.54) is 11.9 Å². The lowest BCUT2D eigenvalue weighted by molar-refractivity contribution is -0.184. The van der Waals surface area contributed by atoms with Crippen LogP contribution in [0.1, 0.15) is 32.8 Å². The fraction of sp³-hybridized carbons (Fsp3) is 0.571. The molecule has 0 unspecified atom stereocenters. The number of halogens is 2. The molecular formula is C21H28F2N2O5. The van der Waals surface area contributed by atoms with Gasteiger partial charge in [0.2, 0.25) is 0 Å². The Balaban J connectivity index is 1.95. The van der Waals surface area contributed by atoms with E-state index >= 15 is 0 Å². The molecule has 1 aliphatic rings. The minimum absolute atomic E-state index is 0.0224. The van der Waals surface area contributed by atoms with Crippen LogP contribution in [0.15, 0.2) is 30.3 Å². The van der Waals surface area contributed by atoms with Gasteiger partial charge in [0.25, 0.3) is 0 Å². The maximum absolute atomic E-state index is 14.4. The highest BCUT2D eigenvalue weighted by molar-refractivity contribution is 5.71. The number of carbonyl (C=O) groups is 3. The standard InChI is InChI=1S/C21H28F2N2O5/c1-19(2,3)30-17(27)24(4)11-10-20(21(22,23)15-26)13-25(14-20)18(28)29-12-16-8-6-5-7-9-16/h5-9,15H,10-14H2,1-4H3. The fourth-order valence-corrected chi connectivity index (χ4v) is 3.10. The second-order valence-electron chi connectivity index (χ2n) is 8.57. The van der Waals surface area contributed by atoms with Crippen LogP contribution in [0.5, 0.6) is 0 Å². The molecule has 166 valence electrons. The molecule has 1 aromatic carbocycles. The average molecular weight is 426 g/mol. The second-order valence-corrected chi connectivity index (χ2v) is 8.57. The first-order valence-corrected chi connectivity index (χ1v) is 9.63. The van der Waals surface area contributed by atoms with Gasteiger partial charge in [-0.1, -0.05) is 30.3 Å². The Morgan fingerprint density at radius 3 is 2.33 bits per heavy atom. The van der Waals surface area contributed by atoms with E-state index in [0.29, 0.717) is 0 Å². The first-order valence-electron chi connectivity index (χ1n) is 9.63. The third kappa shape index (κ3) is 5.67. The highest BCUT2D eigenvalue weighted by Gasteiger charge is 2.61. The summed E-state index contributed by atoms with van der Waals surface area (Å²) in [5.74, 6) is -3.64. The van der Waals surface area contributed by atoms with Crippen LogP contribution >= 0.6 is 0 Å². The lowest BCUT2D eigenvalue weighted by Gasteiger charge is -2.51. The van der Waals surface area contributed by atoms with Gasteiger partial charge in [0.1, 0.15) is 12.2 Å². The summed E-state index contributed by atoms with van der Waals surface area (Å²) in [7, 11) is 1.44. The number of rotatable bonds is 7. The molecule has 1 saturated heterocycles. The van der Waals surface area contributed by atoms with Crippen molar-refractivity contribution in [1.82, 2.24) is 9.80 Å². The molecule has 9 heteroatoms. The first-order chi connectivity index (χ1) is 13.9. The van der Waals surface area contributed by atoms with Gasteiger partial charge < -0.3 is 19.3 Å². The fourth-order valence-electron chi connectivity index (χ4n) is 3.10. The average Bonchev–Trinajstić information content (AvgIpc) is 2.64. The molecule has 0 saturated carbocycles. The minimum Gasteiger partial charge on any atom is -0.445 e. The summed E-state index contributed by atoms with van der Waals surface area (Å²) >= 11 is 0. The Kier molecular flexibility index (Phi) is 7.05. The van der Waals surface area contributed by atoms with Gasteiger partial charge in [-0.2, -0.15) is 8.78 Å². The Bertz CT molecular complexity index is 758. The number of aldehydes is 1. The van der Waals surface area contributed by atoms with Gasteiger partial charge in [-0.3, -0.25) is 4.79 Å². The number of benzene rings is 1. The van der Waals surface area contributed by atoms with Crippen LogP contribution < -0.4 is 0 Å². The number of carbonyl (C=O) groups excluding carboxylic acids is 3. The Hall–Kier alpha value is -2.71. The van der Waals surface area contributed by atoms with Crippen LogP contribution in [0, 0.1) is 5.41 Å². The van der Waals surface area contributed by atoms with Crippen molar-refractivity contribution in [3.8, 4) is 0 Å². The molecule has 1 fully saturated rings. The van der Waals surface area contributed by atoms with Crippen molar-refractivity contribution < 1.29 is 32.6 Å². The zero-order valence-electron chi connectivity index (χ0n) is 17.7. The maximum Gasteiger partial charge on any atom is 0.410 e. The number of ether oxygens (including phenoxy) is 2. The highest BCUT2D eigenvalue weighted by atomic mass is 19.3. The smallest absolute Gasteiger partial charge is 0.410 e. The molecule has 1 aliphatic heterocycles. The molecule has 0 bridgehead atoms. The molecule has 0 aliphatic carbocycles. The number of nitrogens with zero attached hydrogens (tertiary/aromatic N) is 2. The molecule has 2 rings (SSSR count). The van der Waals surface area contributed by atoms with Gasteiger partial charge in [-0.15, -0.1) is 0 Å². The van der Waals surface area contributed by atoms with Crippen molar-refractivity contribution >= 4 is 18.5 Å². The van der Waals surface area contributed by atoms with Crippen LogP contribution in [-0.2, 0) is 20.9 Å². The normalized spacial score (nSPS) is 15.7. The highest BCUT2D eigenvalue weighted by Crippen LogP contribution is 2.46. The first kappa shape index (κ1) is 23.6. The molecule has 1 aromatic rings. The number of likely N-dealkylation sites (tertiary alicyclic amines) is 1. The monoisotopic (exact) mass is 426 g/mol. The van der Waals surface area contributed by atoms with Crippen molar-refractivity contribution in [2.24, 2.45) is 5.41 Å². The van der Waals surface area contributed by atoms with Crippen molar-refractivity contribution in [3.05, 3.63) is 35.9 Å². The summed E-state index contributed by atoms with van der Waals surface area (Å²) in [4.78, 5) is 37.6. The van der Waals surface area contributed by atoms with E-state index in [-0.39, 0.29) is 32.7 Å². The van der Waals surface area contributed by atoms with Crippen LogP contribution in [0.4, 0.5) is 18.4 Å². The predicted octanol–water partition coefficient (Wildman–Crippen LogP) is 3.72. The molecule has 7 nitrogen and oxygen atoms in total. The second kappa shape index (κ2) is 8.97. The third-order valence-corrected chi connectivity index (χ3v) is 4.94. The summed E-state index contributed by atoms with van der Waals surface area (Å²) < 4.78 is 39.1. The van der Waals surface area contributed by atoms with Crippen LogP contribution in [0.25, 0.3) is 0 Å². The Morgan fingerprint density at radius 1 is 1.20 bits per heavy atom. The quantitative estimate of drug-likeness (QED) is 0.621. The van der Waals surface area contributed by atoms with Crippen LogP contribution in [0.2, 0.25) is 0 Å². The van der Waals surface area contributed by atoms with E-state index in [1.807, 2.05) is 6.07 Å². The van der Waals surface area contributed by atoms with E-state index in [4.69, 9.17) is 9.47 Å². The van der Waals surface area contributed by atoms with Gasteiger partial charge in [-0.05, 0) is 32.8 Å². The number of hydrogen-bond donors (Lipinski definition) is 0. The Labute approximate surface area is 174 Å². The molecule has 0 aromatic heterocycles. The van der Waals surface area contributed by atoms with Crippen molar-refractivity contribution in [2.45, 2.75) is 45.3 Å². The van der Waals surface area contributed by atoms with E-state index in [1.54, 1.807) is 45.0 Å². The predicted molar refractivity (Wildman–Crippen MR) is 105 cm³/mol. The summed E-state index contributed by atoms with van der Waals surface area (Å²) in [6.07, 6.45) is -1.94. The topological polar surface area (TPSA) is 76.2 Å². The van der Waals surface area contributed by atoms with E-state index in [2.05, 4.69) is 0 Å². The minimum atomic E-state index is -3.64. The summed E-state index contributed by atoms with van der Waals surface area (Å²) in [6, 6.07) is 8.97. The van der Waals surface area contributed by atoms with Gasteiger partial charge in [0.15, 0.2) is 6.29 Å². The van der Waals surface area contributed by atoms with Crippen molar-refractivity contribution in [3.63, 3.8) is 0 Å². The van der Waals surface area contributed by atoms with Gasteiger partial charge in [0.05, 0.1) is 5.41 Å². The molecule has 30 heavy (non-hydrogen) atoms. The van der Waals surface area contributed by atoms with E-state index < -0.39 is 35.4 Å². The maximum atomic E-state index is 14.4. The lowest BCUT2D eigenvalue weighted by atomic mass is 9.71. The van der Waals surface area contributed by atoms with E-state index in [0.717, 1.165) is 10.5 Å². The van der Waals surface area contributed by atoms with Gasteiger partial charge >= 0.3 is 18.1 Å². The van der Waals surface area contributed by atoms with Gasteiger partial charge in [-0.25, -0.2) is 9.59 Å². The van der Waals surface area contributed by atoms with Crippen LogP contribution in [-0.4, -0.2) is 66.5 Å². The molecule has 1 heterocycles. The van der Waals surface area contributed by atoms with E-state index in [9.17, 15) is 23.2 Å².